The Morgan fingerprint density at radius 1 is 0.527 bits per heavy atom. The Labute approximate surface area is 329 Å². The van der Waals surface area contributed by atoms with E-state index in [1.54, 1.807) is 27.7 Å². The molecular formula is C39H72N8O8. The molecule has 0 fully saturated rings. The van der Waals surface area contributed by atoms with Crippen molar-refractivity contribution >= 4 is 47.3 Å². The maximum atomic E-state index is 14.1. The van der Waals surface area contributed by atoms with Crippen LogP contribution in [-0.4, -0.2) is 145 Å². The van der Waals surface area contributed by atoms with Crippen LogP contribution < -0.4 is 21.3 Å². The van der Waals surface area contributed by atoms with Gasteiger partial charge in [0.15, 0.2) is 0 Å². The van der Waals surface area contributed by atoms with E-state index in [0.29, 0.717) is 19.3 Å². The third-order valence-electron chi connectivity index (χ3n) is 9.56. The molecule has 0 heterocycles. The van der Waals surface area contributed by atoms with Crippen molar-refractivity contribution in [2.24, 2.45) is 23.7 Å². The van der Waals surface area contributed by atoms with Crippen molar-refractivity contribution in [3.63, 3.8) is 0 Å². The van der Waals surface area contributed by atoms with Crippen molar-refractivity contribution in [1.82, 2.24) is 40.9 Å². The lowest BCUT2D eigenvalue weighted by atomic mass is 9.96. The van der Waals surface area contributed by atoms with Crippen molar-refractivity contribution in [2.75, 3.05) is 41.8 Å². The van der Waals surface area contributed by atoms with E-state index in [0.717, 1.165) is 0 Å². The predicted molar refractivity (Wildman–Crippen MR) is 212 cm³/mol. The highest BCUT2D eigenvalue weighted by atomic mass is 16.2. The third-order valence-corrected chi connectivity index (χ3v) is 9.56. The molecule has 0 spiro atoms. The molecule has 55 heavy (non-hydrogen) atoms. The lowest BCUT2D eigenvalue weighted by molar-refractivity contribution is -0.147. The molecule has 0 radical (unpaired) electrons. The zero-order valence-corrected chi connectivity index (χ0v) is 36.4. The Morgan fingerprint density at radius 2 is 1.00 bits per heavy atom. The summed E-state index contributed by atoms with van der Waals surface area (Å²) < 4.78 is 0. The first-order chi connectivity index (χ1) is 25.3. The summed E-state index contributed by atoms with van der Waals surface area (Å²) in [5.74, 6) is -4.37. The average molecular weight is 781 g/mol. The standard InChI is InChI=1S/C39H72N8O8/c1-17-18-30(48)44(13)21-31(49)47(16)33(25(8)9)37(53)43-32(24(6)7)39(55)46(15)29(20-23(4)5)36(52)41-26(10)34(50)42-27(11)38(54)45(14)28(19-22(2)3)35(51)40-12/h22-29,32-33H,17-21H2,1-16H3,(H,40,51)(H,41,52)(H,42,50)(H,43,53)/t26-,27-,28+,29+,32+,33+/m1/s1. The largest absolute Gasteiger partial charge is 0.357 e. The van der Waals surface area contributed by atoms with Gasteiger partial charge in [-0.25, -0.2) is 0 Å². The molecule has 4 N–H and O–H groups in total. The van der Waals surface area contributed by atoms with Crippen molar-refractivity contribution in [1.29, 1.82) is 0 Å². The van der Waals surface area contributed by atoms with E-state index in [-0.39, 0.29) is 42.5 Å². The van der Waals surface area contributed by atoms with E-state index in [2.05, 4.69) is 21.3 Å². The molecule has 6 atom stereocenters. The molecule has 0 aromatic heterocycles. The van der Waals surface area contributed by atoms with E-state index in [9.17, 15) is 38.4 Å². The molecule has 0 aromatic carbocycles. The Hall–Kier alpha value is -4.24. The lowest BCUT2D eigenvalue weighted by Gasteiger charge is -2.36. The Bertz CT molecular complexity index is 1340. The second-order valence-corrected chi connectivity index (χ2v) is 16.2. The van der Waals surface area contributed by atoms with Crippen LogP contribution >= 0.6 is 0 Å². The molecule has 316 valence electrons. The van der Waals surface area contributed by atoms with E-state index in [1.165, 1.54) is 68.7 Å². The number of carbonyl (C=O) groups is 8. The van der Waals surface area contributed by atoms with Gasteiger partial charge in [-0.1, -0.05) is 62.3 Å². The van der Waals surface area contributed by atoms with Gasteiger partial charge in [-0.05, 0) is 56.8 Å². The summed E-state index contributed by atoms with van der Waals surface area (Å²) in [7, 11) is 7.50. The average Bonchev–Trinajstić information content (AvgIpc) is 3.09. The number of nitrogens with zero attached hydrogens (tertiary/aromatic N) is 4. The van der Waals surface area contributed by atoms with Crippen LogP contribution in [-0.2, 0) is 38.4 Å². The quantitative estimate of drug-likeness (QED) is 0.126. The molecular weight excluding hydrogens is 708 g/mol. The molecule has 0 saturated carbocycles. The minimum Gasteiger partial charge on any atom is -0.357 e. The molecule has 0 rings (SSSR count). The number of hydrogen-bond donors (Lipinski definition) is 4. The zero-order chi connectivity index (χ0) is 43.1. The van der Waals surface area contributed by atoms with Crippen LogP contribution in [0, 0.1) is 23.7 Å². The normalized spacial score (nSPS) is 14.6. The molecule has 0 aliphatic rings. The first-order valence-corrected chi connectivity index (χ1v) is 19.5. The molecule has 0 aromatic rings. The number of likely N-dealkylation sites (N-methyl/N-ethyl adjacent to an activating group) is 5. The van der Waals surface area contributed by atoms with Gasteiger partial charge in [0.25, 0.3) is 0 Å². The fourth-order valence-electron chi connectivity index (χ4n) is 6.19. The number of carbonyl (C=O) groups excluding carboxylic acids is 8. The van der Waals surface area contributed by atoms with E-state index < -0.39 is 77.6 Å². The zero-order valence-electron chi connectivity index (χ0n) is 36.4. The fraction of sp³-hybridized carbons (Fsp3) is 0.795. The number of nitrogens with one attached hydrogen (secondary N) is 4. The summed E-state index contributed by atoms with van der Waals surface area (Å²) in [6, 6.07) is -5.85. The number of amides is 8. The van der Waals surface area contributed by atoms with Crippen LogP contribution in [0.2, 0.25) is 0 Å². The van der Waals surface area contributed by atoms with Crippen LogP contribution in [0.3, 0.4) is 0 Å². The first kappa shape index (κ1) is 50.8. The maximum absolute atomic E-state index is 14.1. The molecule has 0 aliphatic carbocycles. The monoisotopic (exact) mass is 781 g/mol. The predicted octanol–water partition coefficient (Wildman–Crippen LogP) is 1.37. The Morgan fingerprint density at radius 3 is 1.44 bits per heavy atom. The second kappa shape index (κ2) is 23.6. The lowest BCUT2D eigenvalue weighted by Crippen LogP contribution is -2.61. The van der Waals surface area contributed by atoms with Crippen molar-refractivity contribution in [3.8, 4) is 0 Å². The molecule has 16 heteroatoms. The fourth-order valence-corrected chi connectivity index (χ4v) is 6.19. The van der Waals surface area contributed by atoms with Gasteiger partial charge in [-0.2, -0.15) is 0 Å². The minimum atomic E-state index is -1.09. The second-order valence-electron chi connectivity index (χ2n) is 16.2. The van der Waals surface area contributed by atoms with Crippen molar-refractivity contribution in [3.05, 3.63) is 0 Å². The topological polar surface area (TPSA) is 198 Å². The minimum absolute atomic E-state index is 0.0400. The van der Waals surface area contributed by atoms with Gasteiger partial charge < -0.3 is 40.9 Å². The molecule has 16 nitrogen and oxygen atoms in total. The summed E-state index contributed by atoms with van der Waals surface area (Å²) in [4.78, 5) is 111. The summed E-state index contributed by atoms with van der Waals surface area (Å²) in [5.41, 5.74) is 0. The van der Waals surface area contributed by atoms with E-state index >= 15 is 0 Å². The summed E-state index contributed by atoms with van der Waals surface area (Å²) in [5, 5.41) is 10.7. The van der Waals surface area contributed by atoms with Gasteiger partial charge in [-0.3, -0.25) is 38.4 Å². The molecule has 0 unspecified atom stereocenters. The van der Waals surface area contributed by atoms with Crippen molar-refractivity contribution in [2.45, 2.75) is 138 Å². The molecule has 0 saturated heterocycles. The number of rotatable bonds is 22. The maximum Gasteiger partial charge on any atom is 0.245 e. The summed E-state index contributed by atoms with van der Waals surface area (Å²) in [6.45, 7) is 19.4. The van der Waals surface area contributed by atoms with Crippen LogP contribution in [0.15, 0.2) is 0 Å². The van der Waals surface area contributed by atoms with Crippen LogP contribution in [0.5, 0.6) is 0 Å². The SMILES string of the molecule is CCCC(=O)N(C)CC(=O)N(C)[C@H](C(=O)N[C@H](C(=O)N(C)[C@@H](CC(C)C)C(=O)N[C@H](C)C(=O)N[C@H](C)C(=O)N(C)[C@@H](CC(C)C)C(=O)NC)C(C)C)C(C)C. The van der Waals surface area contributed by atoms with E-state index in [4.69, 9.17) is 0 Å². The van der Waals surface area contributed by atoms with E-state index in [1.807, 2.05) is 34.6 Å². The molecule has 0 bridgehead atoms. The van der Waals surface area contributed by atoms with Gasteiger partial charge in [0.2, 0.25) is 47.3 Å². The van der Waals surface area contributed by atoms with Gasteiger partial charge in [0.05, 0.1) is 6.54 Å². The van der Waals surface area contributed by atoms with Gasteiger partial charge >= 0.3 is 0 Å². The highest BCUT2D eigenvalue weighted by molar-refractivity contribution is 5.97. The summed E-state index contributed by atoms with van der Waals surface area (Å²) in [6.07, 6.45) is 1.61. The Kier molecular flexibility index (Phi) is 21.8. The van der Waals surface area contributed by atoms with Crippen LogP contribution in [0.1, 0.15) is 102 Å². The number of hydrogen-bond acceptors (Lipinski definition) is 8. The van der Waals surface area contributed by atoms with Gasteiger partial charge in [0, 0.05) is 41.7 Å². The first-order valence-electron chi connectivity index (χ1n) is 19.5. The smallest absolute Gasteiger partial charge is 0.245 e. The van der Waals surface area contributed by atoms with Gasteiger partial charge in [-0.15, -0.1) is 0 Å². The highest BCUT2D eigenvalue weighted by Crippen LogP contribution is 2.18. The van der Waals surface area contributed by atoms with Crippen molar-refractivity contribution < 1.29 is 38.4 Å². The molecule has 8 amide bonds. The van der Waals surface area contributed by atoms with Crippen LogP contribution in [0.25, 0.3) is 0 Å². The Balaban J connectivity index is 6.02. The van der Waals surface area contributed by atoms with Crippen LogP contribution in [0.4, 0.5) is 0 Å². The highest BCUT2D eigenvalue weighted by Gasteiger charge is 2.38. The van der Waals surface area contributed by atoms with Gasteiger partial charge in [0.1, 0.15) is 36.3 Å². The summed E-state index contributed by atoms with van der Waals surface area (Å²) >= 11 is 0. The third kappa shape index (κ3) is 15.8. The molecule has 0 aliphatic heterocycles.